The Morgan fingerprint density at radius 3 is 1.47 bits per heavy atom. The average molecular weight is 400 g/mol. The van der Waals surface area contributed by atoms with Crippen molar-refractivity contribution in [1.82, 2.24) is 0 Å². The molecule has 0 fully saturated rings. The molecule has 150 valence electrons. The molecule has 2 unspecified atom stereocenters. The lowest BCUT2D eigenvalue weighted by Gasteiger charge is -2.43. The molecule has 0 aromatic heterocycles. The summed E-state index contributed by atoms with van der Waals surface area (Å²) in [5.74, 6) is 2.95. The lowest BCUT2D eigenvalue weighted by molar-refractivity contribution is -0.134. The number of hydrogen-bond acceptors (Lipinski definition) is 4. The number of benzene rings is 2. The lowest BCUT2D eigenvalue weighted by atomic mass is 9.54. The van der Waals surface area contributed by atoms with E-state index in [2.05, 4.69) is 0 Å². The van der Waals surface area contributed by atoms with Gasteiger partial charge in [-0.05, 0) is 36.1 Å². The van der Waals surface area contributed by atoms with Gasteiger partial charge in [0.15, 0.2) is 0 Å². The van der Waals surface area contributed by atoms with Crippen LogP contribution >= 0.6 is 0 Å². The van der Waals surface area contributed by atoms with Crippen molar-refractivity contribution in [2.75, 3.05) is 23.9 Å². The number of para-hydroxylation sites is 2. The summed E-state index contributed by atoms with van der Waals surface area (Å²) >= 11 is 0. The SMILES string of the molecule is CN1C(=O)C(CC=C=O)(C2(CC=C=O)C(=O)N(C)c3ccccc32)c2ccccc21. The summed E-state index contributed by atoms with van der Waals surface area (Å²) in [7, 11) is 3.32. The molecule has 0 saturated carbocycles. The van der Waals surface area contributed by atoms with Crippen LogP contribution in [0.25, 0.3) is 0 Å². The molecule has 2 heterocycles. The van der Waals surface area contributed by atoms with Crippen LogP contribution in [-0.4, -0.2) is 37.8 Å². The molecule has 30 heavy (non-hydrogen) atoms. The third-order valence-corrected chi connectivity index (χ3v) is 6.50. The van der Waals surface area contributed by atoms with Crippen LogP contribution in [0.1, 0.15) is 24.0 Å². The van der Waals surface area contributed by atoms with Crippen molar-refractivity contribution in [1.29, 1.82) is 0 Å². The highest BCUT2D eigenvalue weighted by atomic mass is 16.2. The summed E-state index contributed by atoms with van der Waals surface area (Å²) in [6, 6.07) is 14.5. The molecule has 0 bridgehead atoms. The summed E-state index contributed by atoms with van der Waals surface area (Å²) < 4.78 is 0. The zero-order chi connectivity index (χ0) is 21.5. The first-order chi connectivity index (χ1) is 14.5. The Kier molecular flexibility index (Phi) is 4.54. The maximum Gasteiger partial charge on any atom is 0.239 e. The van der Waals surface area contributed by atoms with E-state index in [-0.39, 0.29) is 24.7 Å². The molecule has 2 aromatic carbocycles. The van der Waals surface area contributed by atoms with Gasteiger partial charge < -0.3 is 9.80 Å². The average Bonchev–Trinajstić information content (AvgIpc) is 3.13. The zero-order valence-corrected chi connectivity index (χ0v) is 16.7. The van der Waals surface area contributed by atoms with Crippen LogP contribution in [0.15, 0.2) is 60.7 Å². The Morgan fingerprint density at radius 2 is 1.10 bits per heavy atom. The number of likely N-dealkylation sites (N-methyl/N-ethyl adjacent to an activating group) is 2. The Morgan fingerprint density at radius 1 is 0.733 bits per heavy atom. The number of anilines is 2. The summed E-state index contributed by atoms with van der Waals surface area (Å²) in [5.41, 5.74) is -0.141. The van der Waals surface area contributed by atoms with E-state index in [1.165, 1.54) is 22.0 Å². The fraction of sp³-hybridized carbons (Fsp3) is 0.250. The van der Waals surface area contributed by atoms with Crippen LogP contribution in [0.3, 0.4) is 0 Å². The fourth-order valence-corrected chi connectivity index (χ4v) is 5.23. The second-order valence-corrected chi connectivity index (χ2v) is 7.63. The maximum atomic E-state index is 13.9. The van der Waals surface area contributed by atoms with E-state index in [4.69, 9.17) is 0 Å². The van der Waals surface area contributed by atoms with Crippen molar-refractivity contribution in [3.05, 3.63) is 71.8 Å². The van der Waals surface area contributed by atoms with Crippen LogP contribution in [0.2, 0.25) is 0 Å². The van der Waals surface area contributed by atoms with Gasteiger partial charge in [-0.2, -0.15) is 0 Å². The van der Waals surface area contributed by atoms with Crippen LogP contribution in [0, 0.1) is 0 Å². The quantitative estimate of drug-likeness (QED) is 0.723. The van der Waals surface area contributed by atoms with Crippen molar-refractivity contribution in [2.24, 2.45) is 0 Å². The fourth-order valence-electron chi connectivity index (χ4n) is 5.23. The number of rotatable bonds is 5. The number of carbonyl (C=O) groups is 2. The Labute approximate surface area is 174 Å². The molecule has 0 saturated heterocycles. The summed E-state index contributed by atoms with van der Waals surface area (Å²) in [4.78, 5) is 53.4. The normalized spacial score (nSPS) is 24.2. The molecular weight excluding hydrogens is 380 g/mol. The number of carbonyl (C=O) groups excluding carboxylic acids is 4. The van der Waals surface area contributed by atoms with E-state index in [1.807, 2.05) is 48.5 Å². The first kappa shape index (κ1) is 19.6. The number of hydrogen-bond donors (Lipinski definition) is 0. The molecule has 2 amide bonds. The van der Waals surface area contributed by atoms with Gasteiger partial charge in [-0.25, -0.2) is 9.59 Å². The minimum atomic E-state index is -1.40. The summed E-state index contributed by atoms with van der Waals surface area (Å²) in [6.45, 7) is 0. The van der Waals surface area contributed by atoms with E-state index in [1.54, 1.807) is 26.0 Å². The smallest absolute Gasteiger partial charge is 0.239 e. The minimum Gasteiger partial charge on any atom is -0.314 e. The van der Waals surface area contributed by atoms with Crippen LogP contribution in [-0.2, 0) is 30.0 Å². The Hall–Kier alpha value is -3.72. The molecule has 2 aliphatic rings. The highest BCUT2D eigenvalue weighted by molar-refractivity contribution is 6.18. The topological polar surface area (TPSA) is 74.8 Å². The molecule has 4 rings (SSSR count). The van der Waals surface area contributed by atoms with E-state index >= 15 is 0 Å². The van der Waals surface area contributed by atoms with Gasteiger partial charge in [0.25, 0.3) is 0 Å². The second kappa shape index (κ2) is 6.96. The van der Waals surface area contributed by atoms with Crippen LogP contribution in [0.5, 0.6) is 0 Å². The third kappa shape index (κ3) is 2.20. The molecule has 0 spiro atoms. The van der Waals surface area contributed by atoms with Gasteiger partial charge in [0.05, 0.1) is 10.8 Å². The van der Waals surface area contributed by atoms with Gasteiger partial charge in [-0.1, -0.05) is 36.4 Å². The van der Waals surface area contributed by atoms with Crippen LogP contribution in [0.4, 0.5) is 11.4 Å². The molecule has 6 nitrogen and oxygen atoms in total. The van der Waals surface area contributed by atoms with Crippen molar-refractivity contribution in [3.63, 3.8) is 0 Å². The third-order valence-electron chi connectivity index (χ3n) is 6.50. The maximum absolute atomic E-state index is 13.9. The Balaban J connectivity index is 2.17. The van der Waals surface area contributed by atoms with E-state index in [0.29, 0.717) is 22.5 Å². The molecule has 2 atom stereocenters. The molecule has 0 radical (unpaired) electrons. The molecular formula is C24H20N2O4. The lowest BCUT2D eigenvalue weighted by Crippen LogP contribution is -2.59. The van der Waals surface area contributed by atoms with Crippen molar-refractivity contribution in [2.45, 2.75) is 23.7 Å². The molecule has 2 aromatic rings. The summed E-state index contributed by atoms with van der Waals surface area (Å²) in [6.07, 6.45) is 2.48. The monoisotopic (exact) mass is 400 g/mol. The zero-order valence-electron chi connectivity index (χ0n) is 16.7. The first-order valence-corrected chi connectivity index (χ1v) is 9.61. The van der Waals surface area contributed by atoms with Gasteiger partial charge in [-0.3, -0.25) is 9.59 Å². The van der Waals surface area contributed by atoms with Gasteiger partial charge >= 0.3 is 0 Å². The highest BCUT2D eigenvalue weighted by Crippen LogP contribution is 2.60. The predicted molar refractivity (Wildman–Crippen MR) is 113 cm³/mol. The van der Waals surface area contributed by atoms with Gasteiger partial charge in [0, 0.05) is 37.6 Å². The second-order valence-electron chi connectivity index (χ2n) is 7.63. The van der Waals surface area contributed by atoms with E-state index in [0.717, 1.165) is 0 Å². The number of allylic oxidation sites excluding steroid dienone is 2. The van der Waals surface area contributed by atoms with Gasteiger partial charge in [-0.15, -0.1) is 0 Å². The van der Waals surface area contributed by atoms with Crippen molar-refractivity contribution in [3.8, 4) is 0 Å². The number of fused-ring (bicyclic) bond motifs is 2. The standard InChI is InChI=1S/C24H20N2O4/c1-25-19-11-5-3-9-17(19)23(21(25)29,13-7-15-27)24(14-8-16-28)18-10-4-6-12-20(18)26(2)22(24)30/h3-12H,13-14H2,1-2H3. The largest absolute Gasteiger partial charge is 0.314 e. The van der Waals surface area contributed by atoms with E-state index in [9.17, 15) is 19.2 Å². The van der Waals surface area contributed by atoms with Crippen molar-refractivity contribution >= 4 is 35.1 Å². The highest BCUT2D eigenvalue weighted by Gasteiger charge is 2.69. The molecule has 0 N–H and O–H groups in total. The predicted octanol–water partition coefficient (Wildman–Crippen LogP) is 2.37. The van der Waals surface area contributed by atoms with Gasteiger partial charge in [0.1, 0.15) is 11.9 Å². The van der Waals surface area contributed by atoms with Crippen molar-refractivity contribution < 1.29 is 19.2 Å². The molecule has 2 aliphatic heterocycles. The number of amides is 2. The number of nitrogens with zero attached hydrogens (tertiary/aromatic N) is 2. The van der Waals surface area contributed by atoms with E-state index < -0.39 is 10.8 Å². The molecule has 6 heteroatoms. The Bertz CT molecular complexity index is 1070. The summed E-state index contributed by atoms with van der Waals surface area (Å²) in [5, 5.41) is 0. The first-order valence-electron chi connectivity index (χ1n) is 9.61. The minimum absolute atomic E-state index is 0.0166. The van der Waals surface area contributed by atoms with Crippen LogP contribution < -0.4 is 9.80 Å². The molecule has 0 aliphatic carbocycles. The van der Waals surface area contributed by atoms with Gasteiger partial charge in [0.2, 0.25) is 11.8 Å².